The molecule has 0 radical (unpaired) electrons. The first-order chi connectivity index (χ1) is 15.7. The van der Waals surface area contributed by atoms with E-state index in [0.29, 0.717) is 32.8 Å². The molecule has 0 unspecified atom stereocenters. The third-order valence-electron chi connectivity index (χ3n) is 4.94. The number of nitrogens with one attached hydrogen (secondary N) is 3. The number of fused-ring (bicyclic) bond motifs is 1. The fourth-order valence-corrected chi connectivity index (χ4v) is 3.89. The highest BCUT2D eigenvalue weighted by Gasteiger charge is 2.13. The van der Waals surface area contributed by atoms with E-state index in [0.717, 1.165) is 17.0 Å². The number of amides is 1. The Hall–Kier alpha value is -3.86. The Morgan fingerprint density at radius 1 is 1.18 bits per heavy atom. The second-order valence-corrected chi connectivity index (χ2v) is 8.26. The SMILES string of the molecule is Cc1cc(-n2c(C)cc(/C=C/C(=O)OCC(=O)Nc3cc4[nH]c(=O)[nH]c4cc3Br)c2C)no1. The highest BCUT2D eigenvalue weighted by molar-refractivity contribution is 9.10. The molecule has 10 nitrogen and oxygen atoms in total. The van der Waals surface area contributed by atoms with Gasteiger partial charge in [0.2, 0.25) is 0 Å². The predicted molar refractivity (Wildman–Crippen MR) is 125 cm³/mol. The fourth-order valence-electron chi connectivity index (χ4n) is 3.45. The van der Waals surface area contributed by atoms with Crippen molar-refractivity contribution in [3.8, 4) is 5.82 Å². The summed E-state index contributed by atoms with van der Waals surface area (Å²) in [6.07, 6.45) is 2.89. The Labute approximate surface area is 195 Å². The molecule has 0 aliphatic carbocycles. The number of H-pyrrole nitrogens is 2. The van der Waals surface area contributed by atoms with Gasteiger partial charge in [-0.05, 0) is 66.5 Å². The van der Waals surface area contributed by atoms with Crippen LogP contribution in [0, 0.1) is 20.8 Å². The molecule has 11 heteroatoms. The number of ether oxygens (including phenoxy) is 1. The number of anilines is 1. The number of aryl methyl sites for hydroxylation is 2. The number of rotatable bonds is 6. The maximum atomic E-state index is 12.2. The smallest absolute Gasteiger partial charge is 0.331 e. The van der Waals surface area contributed by atoms with Crippen LogP contribution in [-0.4, -0.2) is 38.2 Å². The van der Waals surface area contributed by atoms with E-state index in [9.17, 15) is 14.4 Å². The van der Waals surface area contributed by atoms with E-state index in [1.54, 1.807) is 18.2 Å². The van der Waals surface area contributed by atoms with E-state index in [2.05, 4.69) is 36.4 Å². The van der Waals surface area contributed by atoms with E-state index < -0.39 is 18.5 Å². The molecular weight excluding hydrogens is 494 g/mol. The molecule has 3 N–H and O–H groups in total. The average molecular weight is 514 g/mol. The molecule has 33 heavy (non-hydrogen) atoms. The van der Waals surface area contributed by atoms with Crippen molar-refractivity contribution in [2.45, 2.75) is 20.8 Å². The van der Waals surface area contributed by atoms with Crippen LogP contribution < -0.4 is 11.0 Å². The lowest BCUT2D eigenvalue weighted by Crippen LogP contribution is -2.20. The number of nitrogens with zero attached hydrogens (tertiary/aromatic N) is 2. The molecule has 0 atom stereocenters. The zero-order valence-corrected chi connectivity index (χ0v) is 19.6. The van der Waals surface area contributed by atoms with E-state index in [4.69, 9.17) is 9.26 Å². The molecule has 0 aliphatic heterocycles. The Morgan fingerprint density at radius 2 is 1.91 bits per heavy atom. The van der Waals surface area contributed by atoms with E-state index >= 15 is 0 Å². The molecule has 0 saturated carbocycles. The van der Waals surface area contributed by atoms with Gasteiger partial charge < -0.3 is 24.5 Å². The van der Waals surface area contributed by atoms with Gasteiger partial charge in [-0.25, -0.2) is 9.59 Å². The molecule has 0 saturated heterocycles. The zero-order chi connectivity index (χ0) is 23.7. The Morgan fingerprint density at radius 3 is 2.61 bits per heavy atom. The first kappa shape index (κ1) is 22.3. The van der Waals surface area contributed by atoms with Gasteiger partial charge in [0, 0.05) is 28.0 Å². The van der Waals surface area contributed by atoms with Crippen LogP contribution in [0.4, 0.5) is 5.69 Å². The van der Waals surface area contributed by atoms with Crippen LogP contribution in [0.2, 0.25) is 0 Å². The van der Waals surface area contributed by atoms with Crippen molar-refractivity contribution in [3.05, 3.63) is 68.0 Å². The fraction of sp³-hybridized carbons (Fsp3) is 0.182. The summed E-state index contributed by atoms with van der Waals surface area (Å²) in [7, 11) is 0. The summed E-state index contributed by atoms with van der Waals surface area (Å²) >= 11 is 3.34. The molecule has 3 heterocycles. The van der Waals surface area contributed by atoms with Gasteiger partial charge in [-0.2, -0.15) is 0 Å². The molecule has 0 fully saturated rings. The minimum atomic E-state index is -0.656. The van der Waals surface area contributed by atoms with Gasteiger partial charge in [0.25, 0.3) is 5.91 Å². The van der Waals surface area contributed by atoms with Crippen molar-refractivity contribution in [2.75, 3.05) is 11.9 Å². The van der Waals surface area contributed by atoms with Crippen LogP contribution in [0.5, 0.6) is 0 Å². The summed E-state index contributed by atoms with van der Waals surface area (Å²) in [5.74, 6) is 0.185. The van der Waals surface area contributed by atoms with Gasteiger partial charge in [0.1, 0.15) is 5.76 Å². The molecule has 0 aliphatic rings. The quantitative estimate of drug-likeness (QED) is 0.266. The summed E-state index contributed by atoms with van der Waals surface area (Å²) in [4.78, 5) is 41.0. The third-order valence-corrected chi connectivity index (χ3v) is 5.59. The number of hydrogen-bond acceptors (Lipinski definition) is 6. The van der Waals surface area contributed by atoms with E-state index in [1.165, 1.54) is 6.08 Å². The van der Waals surface area contributed by atoms with Gasteiger partial charge in [-0.1, -0.05) is 5.16 Å². The Kier molecular flexibility index (Phi) is 6.05. The Bertz CT molecular complexity index is 1460. The molecular formula is C22H20BrN5O5. The van der Waals surface area contributed by atoms with Gasteiger partial charge >= 0.3 is 11.7 Å². The lowest BCUT2D eigenvalue weighted by Gasteiger charge is -2.07. The number of aromatic amines is 2. The molecule has 0 bridgehead atoms. The van der Waals surface area contributed by atoms with Crippen molar-refractivity contribution in [2.24, 2.45) is 0 Å². The second kappa shape index (κ2) is 8.94. The van der Waals surface area contributed by atoms with Gasteiger partial charge in [0.05, 0.1) is 16.7 Å². The number of esters is 1. The first-order valence-electron chi connectivity index (χ1n) is 9.90. The monoisotopic (exact) mass is 513 g/mol. The van der Waals surface area contributed by atoms with Crippen molar-refractivity contribution in [1.29, 1.82) is 0 Å². The van der Waals surface area contributed by atoms with Gasteiger partial charge in [0.15, 0.2) is 12.4 Å². The number of imidazole rings is 1. The van der Waals surface area contributed by atoms with Crippen molar-refractivity contribution in [3.63, 3.8) is 0 Å². The number of hydrogen-bond donors (Lipinski definition) is 3. The summed E-state index contributed by atoms with van der Waals surface area (Å²) in [6.45, 7) is 5.18. The number of aromatic nitrogens is 4. The highest BCUT2D eigenvalue weighted by Crippen LogP contribution is 2.26. The second-order valence-electron chi connectivity index (χ2n) is 7.40. The molecule has 4 rings (SSSR count). The number of benzene rings is 1. The van der Waals surface area contributed by atoms with Crippen molar-refractivity contribution < 1.29 is 18.8 Å². The molecule has 1 aromatic carbocycles. The third kappa shape index (κ3) is 4.82. The summed E-state index contributed by atoms with van der Waals surface area (Å²) < 4.78 is 12.7. The van der Waals surface area contributed by atoms with Crippen LogP contribution in [0.3, 0.4) is 0 Å². The molecule has 0 spiro atoms. The van der Waals surface area contributed by atoms with Gasteiger partial charge in [-0.15, -0.1) is 0 Å². The normalized spacial score (nSPS) is 11.4. The summed E-state index contributed by atoms with van der Waals surface area (Å²) in [5, 5.41) is 6.67. The van der Waals surface area contributed by atoms with Crippen LogP contribution >= 0.6 is 15.9 Å². The summed E-state index contributed by atoms with van der Waals surface area (Å²) in [6, 6.07) is 7.00. The molecule has 170 valence electrons. The van der Waals surface area contributed by atoms with E-state index in [-0.39, 0.29) is 5.69 Å². The van der Waals surface area contributed by atoms with Gasteiger partial charge in [-0.3, -0.25) is 9.36 Å². The maximum absolute atomic E-state index is 12.2. The minimum Gasteiger partial charge on any atom is -0.452 e. The van der Waals surface area contributed by atoms with Crippen LogP contribution in [-0.2, 0) is 14.3 Å². The first-order valence-corrected chi connectivity index (χ1v) is 10.7. The Balaban J connectivity index is 1.37. The van der Waals surface area contributed by atoms with Crippen LogP contribution in [0.1, 0.15) is 22.7 Å². The molecule has 3 aromatic heterocycles. The average Bonchev–Trinajstić information content (AvgIpc) is 3.41. The zero-order valence-electron chi connectivity index (χ0n) is 18.0. The van der Waals surface area contributed by atoms with E-state index in [1.807, 2.05) is 37.5 Å². The van der Waals surface area contributed by atoms with Crippen molar-refractivity contribution in [1.82, 2.24) is 19.7 Å². The minimum absolute atomic E-state index is 0.349. The topological polar surface area (TPSA) is 135 Å². The molecule has 4 aromatic rings. The number of carbonyl (C=O) groups is 2. The lowest BCUT2D eigenvalue weighted by atomic mass is 10.2. The lowest BCUT2D eigenvalue weighted by molar-refractivity contribution is -0.142. The predicted octanol–water partition coefficient (Wildman–Crippen LogP) is 3.52. The maximum Gasteiger partial charge on any atom is 0.331 e. The van der Waals surface area contributed by atoms with Crippen LogP contribution in [0.15, 0.2) is 44.1 Å². The summed E-state index contributed by atoms with van der Waals surface area (Å²) in [5.41, 5.74) is 3.84. The molecule has 1 amide bonds. The highest BCUT2D eigenvalue weighted by atomic mass is 79.9. The van der Waals surface area contributed by atoms with Crippen LogP contribution in [0.25, 0.3) is 22.9 Å². The number of halogens is 1. The standard InChI is InChI=1S/C22H20BrN5O5/c1-11-6-14(13(3)28(11)19-7-12(2)33-27-19)4-5-21(30)32-10-20(29)24-16-9-18-17(8-15(16)23)25-22(31)26-18/h4-9H,10H2,1-3H3,(H,24,29)(H2,25,26,31)/b5-4+. The number of carbonyl (C=O) groups excluding carboxylic acids is 2. The largest absolute Gasteiger partial charge is 0.452 e. The van der Waals surface area contributed by atoms with Crippen molar-refractivity contribution >= 4 is 50.6 Å².